The Labute approximate surface area is 216 Å². The van der Waals surface area contributed by atoms with E-state index in [-0.39, 0.29) is 29.9 Å². The second-order valence-corrected chi connectivity index (χ2v) is 12.5. The van der Waals surface area contributed by atoms with E-state index in [0.29, 0.717) is 12.5 Å². The van der Waals surface area contributed by atoms with Crippen molar-refractivity contribution in [2.75, 3.05) is 11.1 Å². The molecule has 1 aliphatic heterocycles. The minimum absolute atomic E-state index is 0. The number of aliphatic imine (C=N–C) groups is 1. The molecule has 5 fully saturated rings. The molecular weight excluding hydrogens is 462 g/mol. The number of aryl methyl sites for hydroxylation is 1. The lowest BCUT2D eigenvalue weighted by molar-refractivity contribution is -0.117. The summed E-state index contributed by atoms with van der Waals surface area (Å²) < 4.78 is 0. The second-order valence-electron chi connectivity index (χ2n) is 11.6. The maximum absolute atomic E-state index is 12.9. The van der Waals surface area contributed by atoms with Crippen molar-refractivity contribution in [1.29, 1.82) is 0 Å². The normalized spacial score (nSPS) is 32.9. The van der Waals surface area contributed by atoms with E-state index in [1.54, 1.807) is 0 Å². The largest absolute Gasteiger partial charge is 0.345 e. The first-order chi connectivity index (χ1) is 15.9. The number of halogens is 1. The van der Waals surface area contributed by atoms with Gasteiger partial charge in [-0.2, -0.15) is 0 Å². The molecular formula is C28H42ClN3OS. The molecule has 4 nitrogen and oxygen atoms in total. The molecule has 34 heavy (non-hydrogen) atoms. The fourth-order valence-corrected chi connectivity index (χ4v) is 8.73. The fourth-order valence-electron chi connectivity index (χ4n) is 7.34. The van der Waals surface area contributed by atoms with Crippen molar-refractivity contribution >= 4 is 40.9 Å². The van der Waals surface area contributed by atoms with Crippen LogP contribution in [0.25, 0.3) is 0 Å². The number of amides is 1. The summed E-state index contributed by atoms with van der Waals surface area (Å²) >= 11 is 1.89. The van der Waals surface area contributed by atoms with E-state index in [1.807, 2.05) is 23.9 Å². The van der Waals surface area contributed by atoms with Crippen molar-refractivity contribution in [2.24, 2.45) is 22.7 Å². The van der Waals surface area contributed by atoms with Crippen LogP contribution in [0.1, 0.15) is 84.1 Å². The van der Waals surface area contributed by atoms with Gasteiger partial charge >= 0.3 is 0 Å². The van der Waals surface area contributed by atoms with Gasteiger partial charge < -0.3 is 10.2 Å². The van der Waals surface area contributed by atoms with E-state index in [4.69, 9.17) is 4.99 Å². The van der Waals surface area contributed by atoms with Crippen molar-refractivity contribution in [3.8, 4) is 0 Å². The van der Waals surface area contributed by atoms with Crippen molar-refractivity contribution in [3.63, 3.8) is 0 Å². The Hall–Kier alpha value is -1.20. The Balaban J connectivity index is 0.00000274. The van der Waals surface area contributed by atoms with Crippen LogP contribution in [0.15, 0.2) is 29.3 Å². The van der Waals surface area contributed by atoms with Gasteiger partial charge in [-0.05, 0) is 101 Å². The molecule has 1 heterocycles. The standard InChI is InChI=1S/C28H41N3OS.ClH/c1-4-5-6-20-7-9-24(10-8-20)29-26(32)14-25-18-33-27(31(25)19(2)3)30-28-15-21-11-22(16-28)13-23(12-21)17-28;/h7-10,19,21-23,25H,4-6,11-18H2,1-3H3,(H,29,32);1H/b30-27-;. The van der Waals surface area contributed by atoms with Gasteiger partial charge in [-0.3, -0.25) is 9.79 Å². The van der Waals surface area contributed by atoms with E-state index in [2.05, 4.69) is 43.1 Å². The van der Waals surface area contributed by atoms with Crippen LogP contribution < -0.4 is 5.32 Å². The molecule has 1 N–H and O–H groups in total. The molecule has 1 saturated heterocycles. The molecule has 6 heteroatoms. The number of carbonyl (C=O) groups is 1. The van der Waals surface area contributed by atoms with Gasteiger partial charge in [0.2, 0.25) is 5.91 Å². The zero-order valence-corrected chi connectivity index (χ0v) is 22.7. The van der Waals surface area contributed by atoms with Crippen LogP contribution in [0.4, 0.5) is 5.69 Å². The summed E-state index contributed by atoms with van der Waals surface area (Å²) in [5.41, 5.74) is 2.45. The van der Waals surface area contributed by atoms with Gasteiger partial charge in [0.25, 0.3) is 0 Å². The van der Waals surface area contributed by atoms with E-state index in [0.717, 1.165) is 35.6 Å². The smallest absolute Gasteiger partial charge is 0.226 e. The molecule has 1 unspecified atom stereocenters. The number of rotatable bonds is 8. The van der Waals surface area contributed by atoms with Crippen molar-refractivity contribution < 1.29 is 4.79 Å². The highest BCUT2D eigenvalue weighted by Crippen LogP contribution is 2.57. The third-order valence-electron chi connectivity index (χ3n) is 8.39. The van der Waals surface area contributed by atoms with Crippen LogP contribution >= 0.6 is 24.2 Å². The second kappa shape index (κ2) is 10.8. The summed E-state index contributed by atoms with van der Waals surface area (Å²) in [7, 11) is 0. The van der Waals surface area contributed by atoms with Crippen LogP contribution in [0, 0.1) is 17.8 Å². The Morgan fingerprint density at radius 3 is 2.29 bits per heavy atom. The number of nitrogens with zero attached hydrogens (tertiary/aromatic N) is 2. The van der Waals surface area contributed by atoms with Crippen LogP contribution in [-0.4, -0.2) is 39.4 Å². The average Bonchev–Trinajstić information content (AvgIpc) is 3.13. The molecule has 0 radical (unpaired) electrons. The van der Waals surface area contributed by atoms with Crippen molar-refractivity contribution in [1.82, 2.24) is 4.90 Å². The zero-order valence-electron chi connectivity index (χ0n) is 21.1. The van der Waals surface area contributed by atoms with Gasteiger partial charge in [0.1, 0.15) is 0 Å². The van der Waals surface area contributed by atoms with Crippen molar-refractivity contribution in [2.45, 2.75) is 103 Å². The summed E-state index contributed by atoms with van der Waals surface area (Å²) in [4.78, 5) is 20.9. The third kappa shape index (κ3) is 5.61. The Morgan fingerprint density at radius 2 is 1.74 bits per heavy atom. The summed E-state index contributed by atoms with van der Waals surface area (Å²) in [5, 5.41) is 4.35. The van der Waals surface area contributed by atoms with Crippen LogP contribution in [0.3, 0.4) is 0 Å². The number of anilines is 1. The highest BCUT2D eigenvalue weighted by atomic mass is 35.5. The lowest BCUT2D eigenvalue weighted by atomic mass is 9.53. The first-order valence-corrected chi connectivity index (χ1v) is 14.3. The van der Waals surface area contributed by atoms with Gasteiger partial charge in [0.15, 0.2) is 5.17 Å². The number of carbonyl (C=O) groups excluding carboxylic acids is 1. The molecule has 1 atom stereocenters. The van der Waals surface area contributed by atoms with Gasteiger partial charge in [-0.1, -0.05) is 37.2 Å². The third-order valence-corrected chi connectivity index (χ3v) is 9.50. The predicted octanol–water partition coefficient (Wildman–Crippen LogP) is 6.93. The Morgan fingerprint density at radius 1 is 1.12 bits per heavy atom. The Kier molecular flexibility index (Phi) is 8.24. The lowest BCUT2D eigenvalue weighted by Crippen LogP contribution is -2.50. The number of nitrogens with one attached hydrogen (secondary N) is 1. The van der Waals surface area contributed by atoms with E-state index >= 15 is 0 Å². The van der Waals surface area contributed by atoms with Gasteiger partial charge in [-0.25, -0.2) is 0 Å². The molecule has 188 valence electrons. The maximum Gasteiger partial charge on any atom is 0.226 e. The molecule has 1 amide bonds. The van der Waals surface area contributed by atoms with E-state index in [1.165, 1.54) is 62.1 Å². The van der Waals surface area contributed by atoms with Crippen LogP contribution in [0.5, 0.6) is 0 Å². The predicted molar refractivity (Wildman–Crippen MR) is 147 cm³/mol. The first kappa shape index (κ1) is 25.9. The zero-order chi connectivity index (χ0) is 23.0. The molecule has 1 aromatic rings. The van der Waals surface area contributed by atoms with Crippen LogP contribution in [-0.2, 0) is 11.2 Å². The van der Waals surface area contributed by atoms with Gasteiger partial charge in [-0.15, -0.1) is 12.4 Å². The number of benzene rings is 1. The average molecular weight is 504 g/mol. The number of amidine groups is 1. The van der Waals surface area contributed by atoms with Crippen molar-refractivity contribution in [3.05, 3.63) is 29.8 Å². The summed E-state index contributed by atoms with van der Waals surface area (Å²) in [6, 6.07) is 8.98. The molecule has 1 aromatic carbocycles. The van der Waals surface area contributed by atoms with Gasteiger partial charge in [0, 0.05) is 29.9 Å². The summed E-state index contributed by atoms with van der Waals surface area (Å²) in [5.74, 6) is 3.81. The minimum Gasteiger partial charge on any atom is -0.345 e. The van der Waals surface area contributed by atoms with E-state index in [9.17, 15) is 4.79 Å². The number of hydrogen-bond acceptors (Lipinski definition) is 3. The highest BCUT2D eigenvalue weighted by molar-refractivity contribution is 8.14. The fraction of sp³-hybridized carbons (Fsp3) is 0.714. The van der Waals surface area contributed by atoms with E-state index < -0.39 is 0 Å². The molecule has 4 bridgehead atoms. The minimum atomic E-state index is 0. The number of hydrogen-bond donors (Lipinski definition) is 1. The quantitative estimate of drug-likeness (QED) is 0.418. The van der Waals surface area contributed by atoms with Gasteiger partial charge in [0.05, 0.1) is 5.54 Å². The summed E-state index contributed by atoms with van der Waals surface area (Å²) in [6.07, 6.45) is 12.3. The highest BCUT2D eigenvalue weighted by Gasteiger charge is 2.51. The number of unbranched alkanes of at least 4 members (excludes halogenated alkanes) is 1. The van der Waals surface area contributed by atoms with Crippen LogP contribution in [0.2, 0.25) is 0 Å². The molecule has 0 aromatic heterocycles. The Bertz CT molecular complexity index is 849. The SMILES string of the molecule is CCCCc1ccc(NC(=O)CC2CS/C(=N\C34CC5CC(CC(C5)C3)C4)N2C(C)C)cc1.Cl. The molecule has 5 aliphatic rings. The molecule has 6 rings (SSSR count). The summed E-state index contributed by atoms with van der Waals surface area (Å²) in [6.45, 7) is 6.72. The molecule has 4 saturated carbocycles. The lowest BCUT2D eigenvalue weighted by Gasteiger charge is -2.55. The topological polar surface area (TPSA) is 44.7 Å². The molecule has 4 aliphatic carbocycles. The molecule has 0 spiro atoms. The number of thioether (sulfide) groups is 1. The first-order valence-electron chi connectivity index (χ1n) is 13.3. The maximum atomic E-state index is 12.9. The monoisotopic (exact) mass is 503 g/mol.